The fraction of sp³-hybridized carbons (Fsp3) is 0.417. The minimum Gasteiger partial charge on any atom is -0.364 e. The van der Waals surface area contributed by atoms with Gasteiger partial charge in [0.2, 0.25) is 5.88 Å². The van der Waals surface area contributed by atoms with Gasteiger partial charge in [-0.15, -0.1) is 0 Å². The van der Waals surface area contributed by atoms with E-state index in [0.717, 1.165) is 17.0 Å². The summed E-state index contributed by atoms with van der Waals surface area (Å²) >= 11 is 0. The third kappa shape index (κ3) is 2.18. The maximum Gasteiger partial charge on any atom is 0.324 e. The molecule has 3 heterocycles. The number of aromatic nitrogens is 2. The average molecular weight is 262 g/mol. The molecule has 2 amide bonds. The molecule has 0 saturated carbocycles. The van der Waals surface area contributed by atoms with Crippen molar-refractivity contribution >= 4 is 11.9 Å². The molecule has 0 spiro atoms. The molecule has 0 aromatic carbocycles. The number of carbonyl (C=O) groups excluding carboxylic acids is 1. The molecule has 1 fully saturated rings. The number of hydrogen-bond donors (Lipinski definition) is 1. The second kappa shape index (κ2) is 4.42. The quantitative estimate of drug-likeness (QED) is 0.893. The van der Waals surface area contributed by atoms with Crippen LogP contribution >= 0.6 is 0 Å². The smallest absolute Gasteiger partial charge is 0.324 e. The Morgan fingerprint density at radius 3 is 2.79 bits per heavy atom. The highest BCUT2D eigenvalue weighted by molar-refractivity contribution is 5.88. The van der Waals surface area contributed by atoms with E-state index in [2.05, 4.69) is 15.6 Å². The van der Waals surface area contributed by atoms with Crippen LogP contribution in [0.2, 0.25) is 0 Å². The first-order valence-electron chi connectivity index (χ1n) is 6.03. The maximum atomic E-state index is 11.9. The van der Waals surface area contributed by atoms with Crippen LogP contribution in [0.1, 0.15) is 22.9 Å². The van der Waals surface area contributed by atoms with Gasteiger partial charge < -0.3 is 13.9 Å². The molecule has 0 aliphatic carbocycles. The summed E-state index contributed by atoms with van der Waals surface area (Å²) < 4.78 is 9.84. The molecule has 1 N–H and O–H groups in total. The van der Waals surface area contributed by atoms with Crippen LogP contribution in [-0.4, -0.2) is 34.3 Å². The highest BCUT2D eigenvalue weighted by atomic mass is 16.5. The number of likely N-dealkylation sites (tertiary alicyclic amines) is 1. The van der Waals surface area contributed by atoms with E-state index in [-0.39, 0.29) is 11.9 Å². The number of urea groups is 1. The molecule has 2 aromatic rings. The zero-order valence-electron chi connectivity index (χ0n) is 10.7. The Labute approximate surface area is 109 Å². The molecular formula is C12H14N4O3. The maximum absolute atomic E-state index is 11.9. The summed E-state index contributed by atoms with van der Waals surface area (Å²) in [6, 6.07) is 1.49. The fourth-order valence-electron chi connectivity index (χ4n) is 2.12. The third-order valence-corrected chi connectivity index (χ3v) is 3.20. The first kappa shape index (κ1) is 11.8. The number of anilines is 1. The number of nitrogens with zero attached hydrogens (tertiary/aromatic N) is 3. The highest BCUT2D eigenvalue weighted by Gasteiger charge is 2.34. The Balaban J connectivity index is 1.56. The zero-order chi connectivity index (χ0) is 13.4. The van der Waals surface area contributed by atoms with Gasteiger partial charge in [0.1, 0.15) is 6.26 Å². The van der Waals surface area contributed by atoms with Gasteiger partial charge in [-0.05, 0) is 13.8 Å². The van der Waals surface area contributed by atoms with Crippen molar-refractivity contribution in [2.24, 2.45) is 0 Å². The van der Waals surface area contributed by atoms with Crippen molar-refractivity contribution < 1.29 is 13.8 Å². The number of amides is 2. The van der Waals surface area contributed by atoms with Crippen LogP contribution in [0.5, 0.6) is 0 Å². The van der Waals surface area contributed by atoms with Gasteiger partial charge in [0.15, 0.2) is 0 Å². The van der Waals surface area contributed by atoms with Crippen LogP contribution < -0.4 is 5.32 Å². The second-order valence-electron chi connectivity index (χ2n) is 4.75. The van der Waals surface area contributed by atoms with Gasteiger partial charge in [0.05, 0.1) is 11.4 Å². The SMILES string of the molecule is Cc1cc(NC(=O)N2CC(c3nocc3C)C2)on1. The average Bonchev–Trinajstić information content (AvgIpc) is 2.87. The molecule has 100 valence electrons. The van der Waals surface area contributed by atoms with E-state index < -0.39 is 0 Å². The number of hydrogen-bond acceptors (Lipinski definition) is 5. The summed E-state index contributed by atoms with van der Waals surface area (Å²) in [5.41, 5.74) is 2.69. The normalized spacial score (nSPS) is 15.4. The lowest BCUT2D eigenvalue weighted by atomic mass is 9.94. The predicted octanol–water partition coefficient (Wildman–Crippen LogP) is 1.91. The van der Waals surface area contributed by atoms with Crippen LogP contribution in [-0.2, 0) is 0 Å². The van der Waals surface area contributed by atoms with Crippen molar-refractivity contribution in [1.82, 2.24) is 15.2 Å². The van der Waals surface area contributed by atoms with Crippen molar-refractivity contribution in [2.45, 2.75) is 19.8 Å². The Hall–Kier alpha value is -2.31. The molecule has 2 aromatic heterocycles. The van der Waals surface area contributed by atoms with Gasteiger partial charge in [0, 0.05) is 30.6 Å². The summed E-state index contributed by atoms with van der Waals surface area (Å²) in [6.07, 6.45) is 1.62. The molecule has 0 radical (unpaired) electrons. The monoisotopic (exact) mass is 262 g/mol. The fourth-order valence-corrected chi connectivity index (χ4v) is 2.12. The molecule has 3 rings (SSSR count). The van der Waals surface area contributed by atoms with Crippen molar-refractivity contribution in [3.8, 4) is 0 Å². The Kier molecular flexibility index (Phi) is 2.73. The minimum absolute atomic E-state index is 0.187. The zero-order valence-corrected chi connectivity index (χ0v) is 10.7. The summed E-state index contributed by atoms with van der Waals surface area (Å²) in [7, 11) is 0. The largest absolute Gasteiger partial charge is 0.364 e. The second-order valence-corrected chi connectivity index (χ2v) is 4.75. The summed E-state index contributed by atoms with van der Waals surface area (Å²) in [6.45, 7) is 5.01. The van der Waals surface area contributed by atoms with Gasteiger partial charge in [-0.3, -0.25) is 5.32 Å². The Morgan fingerprint density at radius 1 is 1.42 bits per heavy atom. The van der Waals surface area contributed by atoms with Crippen LogP contribution in [0.4, 0.5) is 10.7 Å². The van der Waals surface area contributed by atoms with Crippen molar-refractivity contribution in [2.75, 3.05) is 18.4 Å². The summed E-state index contributed by atoms with van der Waals surface area (Å²) in [5, 5.41) is 10.3. The van der Waals surface area contributed by atoms with Crippen LogP contribution in [0.15, 0.2) is 21.4 Å². The van der Waals surface area contributed by atoms with E-state index in [4.69, 9.17) is 9.05 Å². The Morgan fingerprint density at radius 2 is 2.21 bits per heavy atom. The molecular weight excluding hydrogens is 248 g/mol. The molecule has 1 saturated heterocycles. The number of rotatable bonds is 2. The van der Waals surface area contributed by atoms with Crippen LogP contribution in [0.25, 0.3) is 0 Å². The Bertz CT molecular complexity index is 598. The van der Waals surface area contributed by atoms with E-state index in [1.165, 1.54) is 0 Å². The molecule has 0 unspecified atom stereocenters. The topological polar surface area (TPSA) is 84.4 Å². The molecule has 7 heteroatoms. The highest BCUT2D eigenvalue weighted by Crippen LogP contribution is 2.28. The first-order valence-corrected chi connectivity index (χ1v) is 6.03. The predicted molar refractivity (Wildman–Crippen MR) is 65.8 cm³/mol. The number of aryl methyl sites for hydroxylation is 2. The molecule has 1 aliphatic heterocycles. The lowest BCUT2D eigenvalue weighted by molar-refractivity contribution is 0.159. The van der Waals surface area contributed by atoms with Gasteiger partial charge in [0.25, 0.3) is 0 Å². The molecule has 1 aliphatic rings. The van der Waals surface area contributed by atoms with E-state index in [1.807, 2.05) is 6.92 Å². The van der Waals surface area contributed by atoms with Crippen molar-refractivity contribution in [3.63, 3.8) is 0 Å². The lowest BCUT2D eigenvalue weighted by Gasteiger charge is -2.37. The minimum atomic E-state index is -0.187. The van der Waals surface area contributed by atoms with Crippen molar-refractivity contribution in [3.05, 3.63) is 29.3 Å². The van der Waals surface area contributed by atoms with Gasteiger partial charge in [-0.2, -0.15) is 0 Å². The van der Waals surface area contributed by atoms with E-state index in [9.17, 15) is 4.79 Å². The third-order valence-electron chi connectivity index (χ3n) is 3.20. The summed E-state index contributed by atoms with van der Waals surface area (Å²) in [5.74, 6) is 0.615. The van der Waals surface area contributed by atoms with Crippen molar-refractivity contribution in [1.29, 1.82) is 0 Å². The van der Waals surface area contributed by atoms with E-state index in [0.29, 0.717) is 19.0 Å². The molecule has 0 atom stereocenters. The van der Waals surface area contributed by atoms with E-state index in [1.54, 1.807) is 24.2 Å². The molecule has 0 bridgehead atoms. The van der Waals surface area contributed by atoms with Gasteiger partial charge in [-0.25, -0.2) is 4.79 Å². The lowest BCUT2D eigenvalue weighted by Crippen LogP contribution is -2.50. The molecule has 7 nitrogen and oxygen atoms in total. The first-order chi connectivity index (χ1) is 9.13. The van der Waals surface area contributed by atoms with Crippen LogP contribution in [0.3, 0.4) is 0 Å². The van der Waals surface area contributed by atoms with Gasteiger partial charge in [-0.1, -0.05) is 10.3 Å². The number of carbonyl (C=O) groups is 1. The standard InChI is InChI=1S/C12H14N4O3/c1-7-6-18-15-11(7)9-4-16(5-9)12(17)13-10-3-8(2)14-19-10/h3,6,9H,4-5H2,1-2H3,(H,13,17). The molecule has 19 heavy (non-hydrogen) atoms. The van der Waals surface area contributed by atoms with Crippen LogP contribution in [0, 0.1) is 13.8 Å². The van der Waals surface area contributed by atoms with Gasteiger partial charge >= 0.3 is 6.03 Å². The van der Waals surface area contributed by atoms with E-state index >= 15 is 0 Å². The summed E-state index contributed by atoms with van der Waals surface area (Å²) in [4.78, 5) is 13.6. The number of nitrogens with one attached hydrogen (secondary N) is 1.